The maximum absolute atomic E-state index is 12.3. The van der Waals surface area contributed by atoms with E-state index in [0.29, 0.717) is 31.8 Å². The molecule has 0 aliphatic carbocycles. The molecule has 1 heterocycles. The van der Waals surface area contributed by atoms with Gasteiger partial charge in [-0.25, -0.2) is 0 Å². The molecule has 0 unspecified atom stereocenters. The number of hydrogen-bond donors (Lipinski definition) is 0. The molecule has 0 spiro atoms. The number of carbonyl (C=O) groups excluding carboxylic acids is 2. The largest absolute Gasteiger partial charge is 0.484 e. The van der Waals surface area contributed by atoms with Gasteiger partial charge in [0.2, 0.25) is 5.91 Å². The number of amides is 2. The third-order valence-electron chi connectivity index (χ3n) is 4.33. The lowest BCUT2D eigenvalue weighted by Gasteiger charge is -2.22. The van der Waals surface area contributed by atoms with Gasteiger partial charge in [-0.05, 0) is 31.9 Å². The van der Waals surface area contributed by atoms with E-state index in [4.69, 9.17) is 4.74 Å². The highest BCUT2D eigenvalue weighted by Gasteiger charge is 2.21. The van der Waals surface area contributed by atoms with Gasteiger partial charge >= 0.3 is 0 Å². The highest BCUT2D eigenvalue weighted by molar-refractivity contribution is 5.78. The van der Waals surface area contributed by atoms with E-state index in [1.807, 2.05) is 36.1 Å². The van der Waals surface area contributed by atoms with Crippen LogP contribution in [0.5, 0.6) is 5.75 Å². The fourth-order valence-electron chi connectivity index (χ4n) is 2.77. The van der Waals surface area contributed by atoms with Crippen LogP contribution >= 0.6 is 0 Å². The molecule has 1 aliphatic rings. The Kier molecular flexibility index (Phi) is 7.09. The Hall–Kier alpha value is -2.04. The Morgan fingerprint density at radius 3 is 2.25 bits per heavy atom. The summed E-state index contributed by atoms with van der Waals surface area (Å²) in [6, 6.07) is 7.68. The van der Waals surface area contributed by atoms with Crippen LogP contribution in [0.1, 0.15) is 38.2 Å². The van der Waals surface area contributed by atoms with Gasteiger partial charge in [0.15, 0.2) is 6.61 Å². The molecule has 24 heavy (non-hydrogen) atoms. The highest BCUT2D eigenvalue weighted by atomic mass is 16.5. The minimum atomic E-state index is -0.0153. The lowest BCUT2D eigenvalue weighted by molar-refractivity contribution is -0.134. The third-order valence-corrected chi connectivity index (χ3v) is 4.33. The van der Waals surface area contributed by atoms with Crippen LogP contribution < -0.4 is 4.74 Å². The van der Waals surface area contributed by atoms with Crippen molar-refractivity contribution in [1.29, 1.82) is 0 Å². The van der Waals surface area contributed by atoms with Crippen molar-refractivity contribution in [2.75, 3.05) is 32.8 Å². The van der Waals surface area contributed by atoms with Gasteiger partial charge < -0.3 is 14.5 Å². The Morgan fingerprint density at radius 2 is 1.62 bits per heavy atom. The van der Waals surface area contributed by atoms with Gasteiger partial charge in [0.05, 0.1) is 0 Å². The monoisotopic (exact) mass is 332 g/mol. The number of hydrogen-bond acceptors (Lipinski definition) is 3. The first-order valence-corrected chi connectivity index (χ1v) is 8.85. The van der Waals surface area contributed by atoms with E-state index in [0.717, 1.165) is 31.4 Å². The van der Waals surface area contributed by atoms with Crippen molar-refractivity contribution in [1.82, 2.24) is 9.80 Å². The lowest BCUT2D eigenvalue weighted by Crippen LogP contribution is -2.39. The molecule has 0 aromatic heterocycles. The molecule has 2 amide bonds. The third kappa shape index (κ3) is 5.55. The van der Waals surface area contributed by atoms with E-state index in [1.54, 1.807) is 4.90 Å². The first-order valence-electron chi connectivity index (χ1n) is 8.85. The van der Waals surface area contributed by atoms with Crippen LogP contribution in [0.3, 0.4) is 0 Å². The molecule has 1 aromatic carbocycles. The van der Waals surface area contributed by atoms with Crippen molar-refractivity contribution in [3.63, 3.8) is 0 Å². The standard InChI is InChI=1S/C19H28N2O3/c1-3-4-6-18(22)20-11-5-12-21(14-13-20)19(23)15-24-17-9-7-16(2)8-10-17/h7-10H,3-6,11-15H2,1-2H3. The summed E-state index contributed by atoms with van der Waals surface area (Å²) in [5, 5.41) is 0. The predicted octanol–water partition coefficient (Wildman–Crippen LogP) is 2.62. The number of unbranched alkanes of at least 4 members (excludes halogenated alkanes) is 1. The fraction of sp³-hybridized carbons (Fsp3) is 0.579. The quantitative estimate of drug-likeness (QED) is 0.805. The zero-order chi connectivity index (χ0) is 17.4. The van der Waals surface area contributed by atoms with E-state index in [1.165, 1.54) is 0 Å². The van der Waals surface area contributed by atoms with E-state index >= 15 is 0 Å². The average Bonchev–Trinajstić information content (AvgIpc) is 2.85. The summed E-state index contributed by atoms with van der Waals surface area (Å²) in [5.41, 5.74) is 1.16. The molecule has 0 radical (unpaired) electrons. The number of nitrogens with zero attached hydrogens (tertiary/aromatic N) is 2. The number of ether oxygens (including phenoxy) is 1. The zero-order valence-electron chi connectivity index (χ0n) is 14.8. The Bertz CT molecular complexity index is 542. The summed E-state index contributed by atoms with van der Waals surface area (Å²) in [4.78, 5) is 28.2. The van der Waals surface area contributed by atoms with Crippen molar-refractivity contribution in [2.45, 2.75) is 39.5 Å². The van der Waals surface area contributed by atoms with E-state index in [-0.39, 0.29) is 18.4 Å². The van der Waals surface area contributed by atoms with Crippen LogP contribution in [-0.4, -0.2) is 54.4 Å². The van der Waals surface area contributed by atoms with E-state index in [2.05, 4.69) is 6.92 Å². The van der Waals surface area contributed by atoms with Crippen molar-refractivity contribution >= 4 is 11.8 Å². The van der Waals surface area contributed by atoms with Gasteiger partial charge in [-0.3, -0.25) is 9.59 Å². The van der Waals surface area contributed by atoms with Crippen LogP contribution in [-0.2, 0) is 9.59 Å². The molecular weight excluding hydrogens is 304 g/mol. The van der Waals surface area contributed by atoms with Crippen LogP contribution in [0.2, 0.25) is 0 Å². The first kappa shape index (κ1) is 18.3. The molecule has 1 aromatic rings. The first-order chi connectivity index (χ1) is 11.6. The maximum atomic E-state index is 12.3. The van der Waals surface area contributed by atoms with E-state index in [9.17, 15) is 9.59 Å². The second-order valence-corrected chi connectivity index (χ2v) is 6.32. The molecular formula is C19H28N2O3. The molecule has 5 nitrogen and oxygen atoms in total. The summed E-state index contributed by atoms with van der Waals surface area (Å²) in [7, 11) is 0. The molecule has 1 aliphatic heterocycles. The highest BCUT2D eigenvalue weighted by Crippen LogP contribution is 2.12. The molecule has 132 valence electrons. The molecule has 0 saturated carbocycles. The van der Waals surface area contributed by atoms with Gasteiger partial charge in [-0.2, -0.15) is 0 Å². The second kappa shape index (κ2) is 9.30. The lowest BCUT2D eigenvalue weighted by atomic mass is 10.2. The predicted molar refractivity (Wildman–Crippen MR) is 94.0 cm³/mol. The molecule has 0 bridgehead atoms. The zero-order valence-corrected chi connectivity index (χ0v) is 14.8. The topological polar surface area (TPSA) is 49.9 Å². The fourth-order valence-corrected chi connectivity index (χ4v) is 2.77. The van der Waals surface area contributed by atoms with Crippen LogP contribution in [0.15, 0.2) is 24.3 Å². The van der Waals surface area contributed by atoms with Gasteiger partial charge in [0.1, 0.15) is 5.75 Å². The Morgan fingerprint density at radius 1 is 1.00 bits per heavy atom. The van der Waals surface area contributed by atoms with Gasteiger partial charge in [-0.1, -0.05) is 31.0 Å². The molecule has 0 atom stereocenters. The van der Waals surface area contributed by atoms with Crippen LogP contribution in [0.25, 0.3) is 0 Å². The summed E-state index contributed by atoms with van der Waals surface area (Å²) < 4.78 is 5.57. The van der Waals surface area contributed by atoms with Gasteiger partial charge in [0, 0.05) is 32.6 Å². The van der Waals surface area contributed by atoms with Crippen molar-refractivity contribution in [2.24, 2.45) is 0 Å². The SMILES string of the molecule is CCCCC(=O)N1CCCN(C(=O)COc2ccc(C)cc2)CC1. The van der Waals surface area contributed by atoms with Gasteiger partial charge in [-0.15, -0.1) is 0 Å². The van der Waals surface area contributed by atoms with Gasteiger partial charge in [0.25, 0.3) is 5.91 Å². The molecule has 1 fully saturated rings. The summed E-state index contributed by atoms with van der Waals surface area (Å²) >= 11 is 0. The number of benzene rings is 1. The molecule has 0 N–H and O–H groups in total. The minimum absolute atomic E-state index is 0.0153. The van der Waals surface area contributed by atoms with E-state index < -0.39 is 0 Å². The maximum Gasteiger partial charge on any atom is 0.260 e. The Labute approximate surface area is 144 Å². The molecule has 2 rings (SSSR count). The van der Waals surface area contributed by atoms with Crippen molar-refractivity contribution < 1.29 is 14.3 Å². The normalized spacial score (nSPS) is 15.1. The summed E-state index contributed by atoms with van der Waals surface area (Å²) in [6.07, 6.45) is 3.40. The van der Waals surface area contributed by atoms with Crippen LogP contribution in [0.4, 0.5) is 0 Å². The van der Waals surface area contributed by atoms with Crippen LogP contribution in [0, 0.1) is 6.92 Å². The average molecular weight is 332 g/mol. The summed E-state index contributed by atoms with van der Waals surface area (Å²) in [5.74, 6) is 0.903. The molecule has 5 heteroatoms. The number of carbonyl (C=O) groups is 2. The molecule has 1 saturated heterocycles. The summed E-state index contributed by atoms with van der Waals surface area (Å²) in [6.45, 7) is 6.79. The Balaban J connectivity index is 1.78. The minimum Gasteiger partial charge on any atom is -0.484 e. The number of aryl methyl sites for hydroxylation is 1. The number of rotatable bonds is 6. The second-order valence-electron chi connectivity index (χ2n) is 6.32. The van der Waals surface area contributed by atoms with Crippen molar-refractivity contribution in [3.8, 4) is 5.75 Å². The van der Waals surface area contributed by atoms with Crippen molar-refractivity contribution in [3.05, 3.63) is 29.8 Å². The smallest absolute Gasteiger partial charge is 0.260 e.